The van der Waals surface area contributed by atoms with Gasteiger partial charge in [-0.2, -0.15) is 0 Å². The topological polar surface area (TPSA) is 64.5 Å². The average Bonchev–Trinajstić information content (AvgIpc) is 2.51. The first kappa shape index (κ1) is 15.2. The number of para-hydroxylation sites is 1. The number of ether oxygens (including phenoxy) is 2. The molecule has 0 aliphatic rings. The van der Waals surface area contributed by atoms with Gasteiger partial charge < -0.3 is 14.4 Å². The molecule has 0 saturated carbocycles. The maximum absolute atomic E-state index is 11.6. The molecule has 0 saturated heterocycles. The lowest BCUT2D eigenvalue weighted by atomic mass is 10.1. The van der Waals surface area contributed by atoms with E-state index in [0.29, 0.717) is 19.0 Å². The maximum Gasteiger partial charge on any atom is 0.325 e. The van der Waals surface area contributed by atoms with Gasteiger partial charge in [0.25, 0.3) is 0 Å². The minimum absolute atomic E-state index is 0.125. The van der Waals surface area contributed by atoms with E-state index in [0.717, 1.165) is 16.5 Å². The van der Waals surface area contributed by atoms with Crippen molar-refractivity contribution in [3.63, 3.8) is 0 Å². The molecule has 1 aromatic carbocycles. The zero-order chi connectivity index (χ0) is 15.2. The van der Waals surface area contributed by atoms with E-state index in [1.807, 2.05) is 30.0 Å². The second-order valence-corrected chi connectivity index (χ2v) is 4.66. The number of aryl methyl sites for hydroxylation is 1. The van der Waals surface area contributed by atoms with Gasteiger partial charge in [0, 0.05) is 19.0 Å². The third-order valence-corrected chi connectivity index (χ3v) is 3.26. The minimum atomic E-state index is -0.314. The van der Waals surface area contributed by atoms with Crippen LogP contribution in [0, 0.1) is 6.92 Å². The highest BCUT2D eigenvalue weighted by Crippen LogP contribution is 2.24. The number of fused-ring (bicyclic) bond motifs is 1. The summed E-state index contributed by atoms with van der Waals surface area (Å²) in [6.07, 6.45) is 1.52. The molecule has 2 aromatic rings. The number of hydrogen-bond acceptors (Lipinski definition) is 6. The molecule has 21 heavy (non-hydrogen) atoms. The number of esters is 1. The third kappa shape index (κ3) is 3.46. The summed E-state index contributed by atoms with van der Waals surface area (Å²) in [5.74, 6) is 0.400. The van der Waals surface area contributed by atoms with E-state index in [4.69, 9.17) is 9.47 Å². The van der Waals surface area contributed by atoms with Crippen molar-refractivity contribution in [1.29, 1.82) is 0 Å². The number of benzene rings is 1. The second-order valence-electron chi connectivity index (χ2n) is 4.66. The van der Waals surface area contributed by atoms with Gasteiger partial charge in [-0.3, -0.25) is 4.79 Å². The Kier molecular flexibility index (Phi) is 5.05. The molecule has 0 radical (unpaired) electrons. The van der Waals surface area contributed by atoms with E-state index in [1.165, 1.54) is 13.4 Å². The fraction of sp³-hybridized carbons (Fsp3) is 0.400. The van der Waals surface area contributed by atoms with Crippen molar-refractivity contribution in [3.8, 4) is 0 Å². The monoisotopic (exact) mass is 289 g/mol. The van der Waals surface area contributed by atoms with Gasteiger partial charge in [0.15, 0.2) is 0 Å². The normalized spacial score (nSPS) is 10.6. The van der Waals surface area contributed by atoms with Crippen LogP contribution < -0.4 is 4.90 Å². The SMILES string of the molecule is COCCN(CC(=O)OC)c1ncnc2c(C)cccc12. The molecule has 1 heterocycles. The maximum atomic E-state index is 11.6. The Bertz CT molecular complexity index is 631. The molecule has 0 fully saturated rings. The van der Waals surface area contributed by atoms with Crippen molar-refractivity contribution in [2.24, 2.45) is 0 Å². The van der Waals surface area contributed by atoms with Gasteiger partial charge in [0.05, 0.1) is 19.2 Å². The van der Waals surface area contributed by atoms with Crippen molar-refractivity contribution in [2.45, 2.75) is 6.92 Å². The summed E-state index contributed by atoms with van der Waals surface area (Å²) in [5.41, 5.74) is 1.95. The van der Waals surface area contributed by atoms with Crippen LogP contribution in [0.25, 0.3) is 10.9 Å². The summed E-state index contributed by atoms with van der Waals surface area (Å²) in [5, 5.41) is 0.914. The van der Waals surface area contributed by atoms with Crippen molar-refractivity contribution >= 4 is 22.7 Å². The molecular weight excluding hydrogens is 270 g/mol. The van der Waals surface area contributed by atoms with Gasteiger partial charge in [-0.25, -0.2) is 9.97 Å². The molecule has 2 rings (SSSR count). The molecule has 0 unspecified atom stereocenters. The smallest absolute Gasteiger partial charge is 0.325 e. The van der Waals surface area contributed by atoms with E-state index in [1.54, 1.807) is 7.11 Å². The first-order valence-electron chi connectivity index (χ1n) is 6.68. The minimum Gasteiger partial charge on any atom is -0.468 e. The highest BCUT2D eigenvalue weighted by molar-refractivity contribution is 5.92. The van der Waals surface area contributed by atoms with Crippen LogP contribution in [-0.2, 0) is 14.3 Å². The molecule has 0 atom stereocenters. The quantitative estimate of drug-likeness (QED) is 0.752. The lowest BCUT2D eigenvalue weighted by Crippen LogP contribution is -2.34. The van der Waals surface area contributed by atoms with E-state index in [-0.39, 0.29) is 12.5 Å². The van der Waals surface area contributed by atoms with Gasteiger partial charge >= 0.3 is 5.97 Å². The Morgan fingerprint density at radius 2 is 2.10 bits per heavy atom. The molecule has 0 N–H and O–H groups in total. The largest absolute Gasteiger partial charge is 0.468 e. The van der Waals surface area contributed by atoms with Crippen LogP contribution in [0.2, 0.25) is 0 Å². The standard InChI is InChI=1S/C15H19N3O3/c1-11-5-4-6-12-14(11)16-10-17-15(12)18(7-8-20-2)9-13(19)21-3/h4-6,10H,7-9H2,1-3H3. The Morgan fingerprint density at radius 3 is 2.81 bits per heavy atom. The predicted octanol–water partition coefficient (Wildman–Crippen LogP) is 1.56. The Labute approximate surface area is 123 Å². The number of nitrogens with zero attached hydrogens (tertiary/aromatic N) is 3. The molecule has 0 amide bonds. The number of methoxy groups -OCH3 is 2. The first-order valence-corrected chi connectivity index (χ1v) is 6.68. The molecule has 6 nitrogen and oxygen atoms in total. The van der Waals surface area contributed by atoms with E-state index < -0.39 is 0 Å². The zero-order valence-corrected chi connectivity index (χ0v) is 12.5. The van der Waals surface area contributed by atoms with Gasteiger partial charge in [-0.1, -0.05) is 12.1 Å². The van der Waals surface area contributed by atoms with Gasteiger partial charge in [0.2, 0.25) is 0 Å². The van der Waals surface area contributed by atoms with Crippen LogP contribution in [0.1, 0.15) is 5.56 Å². The fourth-order valence-electron chi connectivity index (χ4n) is 2.16. The zero-order valence-electron chi connectivity index (χ0n) is 12.5. The van der Waals surface area contributed by atoms with Crippen molar-refractivity contribution < 1.29 is 14.3 Å². The Morgan fingerprint density at radius 1 is 1.29 bits per heavy atom. The molecule has 0 spiro atoms. The average molecular weight is 289 g/mol. The van der Waals surface area contributed by atoms with Crippen LogP contribution in [0.4, 0.5) is 5.82 Å². The third-order valence-electron chi connectivity index (χ3n) is 3.26. The lowest BCUT2D eigenvalue weighted by Gasteiger charge is -2.23. The molecule has 0 bridgehead atoms. The highest BCUT2D eigenvalue weighted by atomic mass is 16.5. The van der Waals surface area contributed by atoms with Gasteiger partial charge in [-0.15, -0.1) is 0 Å². The van der Waals surface area contributed by atoms with Crippen LogP contribution in [0.15, 0.2) is 24.5 Å². The fourth-order valence-corrected chi connectivity index (χ4v) is 2.16. The predicted molar refractivity (Wildman–Crippen MR) is 80.4 cm³/mol. The molecule has 1 aromatic heterocycles. The van der Waals surface area contributed by atoms with Crippen LogP contribution in [0.5, 0.6) is 0 Å². The molecule has 0 aliphatic heterocycles. The van der Waals surface area contributed by atoms with Crippen LogP contribution >= 0.6 is 0 Å². The highest BCUT2D eigenvalue weighted by Gasteiger charge is 2.16. The van der Waals surface area contributed by atoms with Crippen molar-refractivity contribution in [1.82, 2.24) is 9.97 Å². The summed E-state index contributed by atoms with van der Waals surface area (Å²) in [6.45, 7) is 3.17. The number of carbonyl (C=O) groups excluding carboxylic acids is 1. The summed E-state index contributed by atoms with van der Waals surface area (Å²) in [6, 6.07) is 5.91. The van der Waals surface area contributed by atoms with E-state index >= 15 is 0 Å². The van der Waals surface area contributed by atoms with Gasteiger partial charge in [0.1, 0.15) is 18.7 Å². The molecular formula is C15H19N3O3. The summed E-state index contributed by atoms with van der Waals surface area (Å²) in [4.78, 5) is 22.1. The summed E-state index contributed by atoms with van der Waals surface area (Å²) < 4.78 is 9.86. The number of anilines is 1. The molecule has 0 aliphatic carbocycles. The van der Waals surface area contributed by atoms with Crippen LogP contribution in [0.3, 0.4) is 0 Å². The molecule has 6 heteroatoms. The first-order chi connectivity index (χ1) is 10.2. The lowest BCUT2D eigenvalue weighted by molar-refractivity contribution is -0.139. The number of hydrogen-bond donors (Lipinski definition) is 0. The molecule has 112 valence electrons. The summed E-state index contributed by atoms with van der Waals surface area (Å²) >= 11 is 0. The Balaban J connectivity index is 2.43. The van der Waals surface area contributed by atoms with Crippen LogP contribution in [-0.4, -0.2) is 49.9 Å². The van der Waals surface area contributed by atoms with Crippen molar-refractivity contribution in [2.75, 3.05) is 38.8 Å². The number of carbonyl (C=O) groups is 1. The second kappa shape index (κ2) is 6.99. The van der Waals surface area contributed by atoms with Gasteiger partial charge in [-0.05, 0) is 18.6 Å². The summed E-state index contributed by atoms with van der Waals surface area (Å²) in [7, 11) is 3.00. The van der Waals surface area contributed by atoms with E-state index in [9.17, 15) is 4.79 Å². The number of aromatic nitrogens is 2. The van der Waals surface area contributed by atoms with E-state index in [2.05, 4.69) is 9.97 Å². The Hall–Kier alpha value is -2.21. The van der Waals surface area contributed by atoms with Crippen molar-refractivity contribution in [3.05, 3.63) is 30.1 Å². The number of rotatable bonds is 6.